The summed E-state index contributed by atoms with van der Waals surface area (Å²) in [5.41, 5.74) is 2.37. The Bertz CT molecular complexity index is 1680. The second-order valence-electron chi connectivity index (χ2n) is 14.2. The van der Waals surface area contributed by atoms with Gasteiger partial charge in [0.25, 0.3) is 5.91 Å². The Labute approximate surface area is 281 Å². The molecule has 0 radical (unpaired) electrons. The fraction of sp³-hybridized carbons (Fsp3) is 0.556. The summed E-state index contributed by atoms with van der Waals surface area (Å²) in [6.45, 7) is 12.9. The summed E-state index contributed by atoms with van der Waals surface area (Å²) in [6.07, 6.45) is 2.19. The Kier molecular flexibility index (Phi) is 9.93. The van der Waals surface area contributed by atoms with Gasteiger partial charge in [0.2, 0.25) is 5.91 Å². The monoisotopic (exact) mass is 661 g/mol. The number of aromatic nitrogens is 1. The fourth-order valence-corrected chi connectivity index (χ4v) is 6.99. The highest BCUT2D eigenvalue weighted by molar-refractivity contribution is 6.00. The average molecular weight is 662 g/mol. The molecule has 258 valence electrons. The summed E-state index contributed by atoms with van der Waals surface area (Å²) >= 11 is 0. The summed E-state index contributed by atoms with van der Waals surface area (Å²) < 4.78 is 17.8. The van der Waals surface area contributed by atoms with Crippen LogP contribution in [0.3, 0.4) is 0 Å². The predicted octanol–water partition coefficient (Wildman–Crippen LogP) is 4.26. The van der Waals surface area contributed by atoms with Crippen LogP contribution in [0.4, 0.5) is 4.79 Å². The first-order valence-electron chi connectivity index (χ1n) is 17.0. The minimum Gasteiger partial charge on any atom is -0.497 e. The van der Waals surface area contributed by atoms with Crippen molar-refractivity contribution in [3.8, 4) is 5.75 Å². The second kappa shape index (κ2) is 14.1. The van der Waals surface area contributed by atoms with E-state index in [4.69, 9.17) is 13.9 Å². The van der Waals surface area contributed by atoms with E-state index in [0.717, 1.165) is 76.3 Å². The molecule has 1 unspecified atom stereocenters. The molecule has 0 spiro atoms. The Hall–Kier alpha value is -4.16. The largest absolute Gasteiger partial charge is 0.497 e. The number of carbonyl (C=O) groups excluding carboxylic acids is 3. The average Bonchev–Trinajstić information content (AvgIpc) is 3.38. The van der Waals surface area contributed by atoms with Gasteiger partial charge in [0.1, 0.15) is 17.4 Å². The van der Waals surface area contributed by atoms with Crippen molar-refractivity contribution in [3.05, 3.63) is 64.1 Å². The van der Waals surface area contributed by atoms with Crippen molar-refractivity contribution in [1.82, 2.24) is 24.2 Å². The molecule has 0 N–H and O–H groups in total. The molecule has 3 aromatic rings. The number of carbonyl (C=O) groups is 3. The van der Waals surface area contributed by atoms with Gasteiger partial charge < -0.3 is 23.7 Å². The van der Waals surface area contributed by atoms with Gasteiger partial charge >= 0.3 is 11.8 Å². The van der Waals surface area contributed by atoms with Gasteiger partial charge in [0, 0.05) is 58.8 Å². The molecule has 0 aliphatic carbocycles. The maximum atomic E-state index is 13.6. The summed E-state index contributed by atoms with van der Waals surface area (Å²) in [5.74, 6) is 0.0239. The number of fused-ring (bicyclic) bond motifs is 1. The lowest BCUT2D eigenvalue weighted by molar-refractivity contribution is -0.151. The van der Waals surface area contributed by atoms with Gasteiger partial charge in [-0.15, -0.1) is 0 Å². The zero-order valence-corrected chi connectivity index (χ0v) is 28.5. The fourth-order valence-electron chi connectivity index (χ4n) is 6.99. The summed E-state index contributed by atoms with van der Waals surface area (Å²) in [4.78, 5) is 59.8. The van der Waals surface area contributed by atoms with Crippen LogP contribution in [0.2, 0.25) is 0 Å². The first kappa shape index (κ1) is 33.7. The van der Waals surface area contributed by atoms with Crippen LogP contribution in [-0.2, 0) is 27.4 Å². The molecule has 0 saturated carbocycles. The number of rotatable bonds is 8. The molecule has 48 heavy (non-hydrogen) atoms. The number of methoxy groups -OCH3 is 1. The van der Waals surface area contributed by atoms with Crippen LogP contribution >= 0.6 is 0 Å². The number of piperazine rings is 1. The highest BCUT2D eigenvalue weighted by atomic mass is 16.6. The van der Waals surface area contributed by atoms with E-state index < -0.39 is 23.3 Å². The molecule has 3 aliphatic heterocycles. The van der Waals surface area contributed by atoms with E-state index in [2.05, 4.69) is 9.80 Å². The Balaban J connectivity index is 1.02. The second-order valence-corrected chi connectivity index (χ2v) is 14.2. The van der Waals surface area contributed by atoms with Crippen LogP contribution in [-0.4, -0.2) is 101 Å². The zero-order chi connectivity index (χ0) is 34.0. The first-order valence-corrected chi connectivity index (χ1v) is 17.0. The number of hydrogen-bond donors (Lipinski definition) is 0. The van der Waals surface area contributed by atoms with Crippen LogP contribution in [0.25, 0.3) is 11.1 Å². The standard InChI is InChI=1S/C36H47N5O7/c1-36(2,3)48-34(44)39-15-13-26(14-16-39)22-37-17-19-38(20-18-37)23-27-7-10-29-31(21-27)47-35(45)41(29)30-11-12-32(42)40(33(30)43)24-25-5-8-28(46-4)9-6-25/h5-10,21,26,30H,11-20,22-24H2,1-4H3. The topological polar surface area (TPSA) is 118 Å². The van der Waals surface area contributed by atoms with Crippen molar-refractivity contribution in [1.29, 1.82) is 0 Å². The van der Waals surface area contributed by atoms with Gasteiger partial charge in [-0.05, 0) is 81.3 Å². The molecular weight excluding hydrogens is 614 g/mol. The Morgan fingerprint density at radius 2 is 1.52 bits per heavy atom. The number of ether oxygens (including phenoxy) is 2. The zero-order valence-electron chi connectivity index (χ0n) is 28.5. The van der Waals surface area contributed by atoms with E-state index in [1.807, 2.05) is 56.0 Å². The van der Waals surface area contributed by atoms with Gasteiger partial charge in [-0.1, -0.05) is 18.2 Å². The lowest BCUT2D eigenvalue weighted by atomic mass is 9.96. The third kappa shape index (κ3) is 7.76. The van der Waals surface area contributed by atoms with Crippen molar-refractivity contribution >= 4 is 29.0 Å². The number of amides is 3. The molecule has 1 aromatic heterocycles. The molecule has 2 aromatic carbocycles. The third-order valence-corrected chi connectivity index (χ3v) is 9.63. The smallest absolute Gasteiger partial charge is 0.420 e. The third-order valence-electron chi connectivity index (χ3n) is 9.63. The van der Waals surface area contributed by atoms with Crippen molar-refractivity contribution < 1.29 is 28.3 Å². The summed E-state index contributed by atoms with van der Waals surface area (Å²) in [7, 11) is 1.58. The molecule has 3 fully saturated rings. The summed E-state index contributed by atoms with van der Waals surface area (Å²) in [5, 5.41) is 0. The minimum absolute atomic E-state index is 0.132. The minimum atomic E-state index is -0.807. The van der Waals surface area contributed by atoms with Gasteiger partial charge in [0.15, 0.2) is 5.58 Å². The van der Waals surface area contributed by atoms with E-state index in [9.17, 15) is 19.2 Å². The van der Waals surface area contributed by atoms with Crippen molar-refractivity contribution in [2.75, 3.05) is 52.9 Å². The maximum Gasteiger partial charge on any atom is 0.420 e. The van der Waals surface area contributed by atoms with E-state index >= 15 is 0 Å². The number of benzene rings is 2. The predicted molar refractivity (Wildman–Crippen MR) is 180 cm³/mol. The number of nitrogens with zero attached hydrogens (tertiary/aromatic N) is 5. The van der Waals surface area contributed by atoms with Crippen molar-refractivity contribution in [2.24, 2.45) is 5.92 Å². The molecule has 3 aliphatic rings. The Morgan fingerprint density at radius 3 is 2.19 bits per heavy atom. The first-order chi connectivity index (χ1) is 23.0. The van der Waals surface area contributed by atoms with Gasteiger partial charge in [0.05, 0.1) is 19.2 Å². The van der Waals surface area contributed by atoms with Crippen molar-refractivity contribution in [2.45, 2.75) is 71.2 Å². The molecule has 3 amide bonds. The van der Waals surface area contributed by atoms with Crippen LogP contribution in [0.1, 0.15) is 63.6 Å². The van der Waals surface area contributed by atoms with Gasteiger partial charge in [-0.3, -0.25) is 24.0 Å². The highest BCUT2D eigenvalue weighted by Crippen LogP contribution is 2.29. The highest BCUT2D eigenvalue weighted by Gasteiger charge is 2.37. The lowest BCUT2D eigenvalue weighted by Crippen LogP contribution is -2.49. The van der Waals surface area contributed by atoms with Crippen molar-refractivity contribution in [3.63, 3.8) is 0 Å². The number of oxazole rings is 1. The van der Waals surface area contributed by atoms with E-state index in [1.165, 1.54) is 9.47 Å². The Morgan fingerprint density at radius 1 is 0.854 bits per heavy atom. The molecule has 12 nitrogen and oxygen atoms in total. The normalized spacial score (nSPS) is 20.5. The summed E-state index contributed by atoms with van der Waals surface area (Å²) in [6, 6.07) is 12.2. The molecular formula is C36H47N5O7. The molecule has 6 rings (SSSR count). The number of imide groups is 1. The number of piperidine rings is 2. The molecule has 12 heteroatoms. The van der Waals surface area contributed by atoms with Gasteiger partial charge in [-0.2, -0.15) is 0 Å². The van der Waals surface area contributed by atoms with Crippen LogP contribution < -0.4 is 10.5 Å². The molecule has 0 bridgehead atoms. The van der Waals surface area contributed by atoms with Gasteiger partial charge in [-0.25, -0.2) is 9.59 Å². The maximum absolute atomic E-state index is 13.6. The lowest BCUT2D eigenvalue weighted by Gasteiger charge is -2.39. The van der Waals surface area contributed by atoms with Crippen LogP contribution in [0.15, 0.2) is 51.7 Å². The molecule has 3 saturated heterocycles. The molecule has 1 atom stereocenters. The number of likely N-dealkylation sites (tertiary alicyclic amines) is 2. The van der Waals surface area contributed by atoms with Crippen LogP contribution in [0, 0.1) is 5.92 Å². The number of hydrogen-bond acceptors (Lipinski definition) is 9. The van der Waals surface area contributed by atoms with Crippen LogP contribution in [0.5, 0.6) is 5.75 Å². The van der Waals surface area contributed by atoms with E-state index in [1.54, 1.807) is 19.2 Å². The van der Waals surface area contributed by atoms with E-state index in [0.29, 0.717) is 22.8 Å². The van der Waals surface area contributed by atoms with E-state index in [-0.39, 0.29) is 31.4 Å². The SMILES string of the molecule is COc1ccc(CN2C(=O)CCC(n3c(=O)oc4cc(CN5CCN(CC6CCN(C(=O)OC(C)(C)C)CC6)CC5)ccc43)C2=O)cc1. The molecule has 4 heterocycles. The quantitative estimate of drug-likeness (QED) is 0.327.